The molecule has 1 aromatic heterocycles. The minimum Gasteiger partial charge on any atom is -0.267 e. The van der Waals surface area contributed by atoms with Gasteiger partial charge in [-0.2, -0.15) is 5.10 Å². The van der Waals surface area contributed by atoms with E-state index in [-0.39, 0.29) is 11.3 Å². The van der Waals surface area contributed by atoms with Gasteiger partial charge in [-0.1, -0.05) is 69.3 Å². The molecule has 0 aliphatic heterocycles. The van der Waals surface area contributed by atoms with E-state index >= 15 is 0 Å². The van der Waals surface area contributed by atoms with Crippen molar-refractivity contribution < 1.29 is 9.59 Å². The van der Waals surface area contributed by atoms with Crippen LogP contribution in [0.5, 0.6) is 0 Å². The van der Waals surface area contributed by atoms with Crippen molar-refractivity contribution in [3.8, 4) is 0 Å². The number of hydrogen-bond donors (Lipinski definition) is 2. The molecule has 2 amide bonds. The zero-order valence-electron chi connectivity index (χ0n) is 16.3. The molecular formula is C22H24N4O2. The lowest BCUT2D eigenvalue weighted by atomic mass is 9.92. The highest BCUT2D eigenvalue weighted by Gasteiger charge is 2.23. The summed E-state index contributed by atoms with van der Waals surface area (Å²) in [4.78, 5) is 24.9. The molecule has 28 heavy (non-hydrogen) atoms. The van der Waals surface area contributed by atoms with Gasteiger partial charge in [0.2, 0.25) is 0 Å². The zero-order valence-corrected chi connectivity index (χ0v) is 16.3. The smallest absolute Gasteiger partial charge is 0.267 e. The van der Waals surface area contributed by atoms with Crippen LogP contribution in [-0.4, -0.2) is 21.6 Å². The molecule has 3 aromatic rings. The summed E-state index contributed by atoms with van der Waals surface area (Å²) in [6, 6.07) is 20.3. The quantitative estimate of drug-likeness (QED) is 0.686. The number of rotatable bonds is 4. The summed E-state index contributed by atoms with van der Waals surface area (Å²) < 4.78 is 1.67. The zero-order chi connectivity index (χ0) is 20.1. The van der Waals surface area contributed by atoms with Gasteiger partial charge in [0.25, 0.3) is 11.8 Å². The number of carbonyl (C=O) groups is 2. The number of hydrazine groups is 1. The molecule has 0 bridgehead atoms. The lowest BCUT2D eigenvalue weighted by molar-refractivity contribution is 0.0841. The number of aromatic nitrogens is 2. The first-order chi connectivity index (χ1) is 13.3. The van der Waals surface area contributed by atoms with Gasteiger partial charge in [0, 0.05) is 11.0 Å². The van der Waals surface area contributed by atoms with E-state index in [1.54, 1.807) is 35.0 Å². The van der Waals surface area contributed by atoms with Gasteiger partial charge in [0.15, 0.2) is 0 Å². The third-order valence-electron chi connectivity index (χ3n) is 4.28. The van der Waals surface area contributed by atoms with Gasteiger partial charge in [-0.05, 0) is 23.8 Å². The van der Waals surface area contributed by atoms with Crippen molar-refractivity contribution in [2.45, 2.75) is 32.7 Å². The molecular weight excluding hydrogens is 352 g/mol. The Balaban J connectivity index is 1.79. The Hall–Kier alpha value is -3.41. The highest BCUT2D eigenvalue weighted by molar-refractivity contribution is 5.98. The average molecular weight is 376 g/mol. The maximum atomic E-state index is 12.7. The third kappa shape index (κ3) is 4.65. The standard InChI is InChI=1S/C22H24N4O2/c1-22(2,3)19-14-18(26(25-19)15-16-10-6-4-7-11-16)21(28)24-23-20(27)17-12-8-5-9-13-17/h4-14H,15H2,1-3H3,(H,23,27)(H,24,28). The van der Waals surface area contributed by atoms with Crippen LogP contribution >= 0.6 is 0 Å². The molecule has 0 aliphatic rings. The van der Waals surface area contributed by atoms with E-state index in [4.69, 9.17) is 0 Å². The number of benzene rings is 2. The Morgan fingerprint density at radius 1 is 0.893 bits per heavy atom. The Bertz CT molecular complexity index is 957. The lowest BCUT2D eigenvalue weighted by Gasteiger charge is -2.14. The second-order valence-corrected chi connectivity index (χ2v) is 7.58. The van der Waals surface area contributed by atoms with E-state index in [0.29, 0.717) is 17.8 Å². The van der Waals surface area contributed by atoms with Crippen LogP contribution in [0, 0.1) is 0 Å². The van der Waals surface area contributed by atoms with Crippen molar-refractivity contribution in [1.82, 2.24) is 20.6 Å². The number of nitrogens with one attached hydrogen (secondary N) is 2. The average Bonchev–Trinajstić information content (AvgIpc) is 3.11. The Kier molecular flexibility index (Phi) is 5.59. The first-order valence-corrected chi connectivity index (χ1v) is 9.12. The fraction of sp³-hybridized carbons (Fsp3) is 0.227. The molecule has 0 saturated carbocycles. The molecule has 0 aliphatic carbocycles. The van der Waals surface area contributed by atoms with Gasteiger partial charge < -0.3 is 0 Å². The summed E-state index contributed by atoms with van der Waals surface area (Å²) in [6.07, 6.45) is 0. The van der Waals surface area contributed by atoms with Crippen molar-refractivity contribution >= 4 is 11.8 Å². The largest absolute Gasteiger partial charge is 0.287 e. The Labute approximate surface area is 164 Å². The van der Waals surface area contributed by atoms with E-state index < -0.39 is 5.91 Å². The van der Waals surface area contributed by atoms with Crippen LogP contribution in [-0.2, 0) is 12.0 Å². The Morgan fingerprint density at radius 2 is 1.46 bits per heavy atom. The molecule has 0 fully saturated rings. The van der Waals surface area contributed by atoms with Gasteiger partial charge in [-0.3, -0.25) is 25.1 Å². The summed E-state index contributed by atoms with van der Waals surface area (Å²) in [7, 11) is 0. The molecule has 6 nitrogen and oxygen atoms in total. The normalized spacial score (nSPS) is 11.1. The fourth-order valence-corrected chi connectivity index (χ4v) is 2.68. The molecule has 3 rings (SSSR count). The molecule has 0 atom stereocenters. The van der Waals surface area contributed by atoms with Crippen molar-refractivity contribution in [2.75, 3.05) is 0 Å². The van der Waals surface area contributed by atoms with Crippen LogP contribution < -0.4 is 10.9 Å². The third-order valence-corrected chi connectivity index (χ3v) is 4.28. The van der Waals surface area contributed by atoms with Crippen molar-refractivity contribution in [3.63, 3.8) is 0 Å². The van der Waals surface area contributed by atoms with Gasteiger partial charge in [-0.15, -0.1) is 0 Å². The van der Waals surface area contributed by atoms with Crippen LogP contribution in [0.1, 0.15) is 52.9 Å². The fourth-order valence-electron chi connectivity index (χ4n) is 2.68. The minimum absolute atomic E-state index is 0.204. The molecule has 2 N–H and O–H groups in total. The van der Waals surface area contributed by atoms with Crippen molar-refractivity contribution in [2.24, 2.45) is 0 Å². The monoisotopic (exact) mass is 376 g/mol. The molecule has 0 spiro atoms. The van der Waals surface area contributed by atoms with Crippen LogP contribution in [0.2, 0.25) is 0 Å². The van der Waals surface area contributed by atoms with Gasteiger partial charge >= 0.3 is 0 Å². The van der Waals surface area contributed by atoms with Crippen molar-refractivity contribution in [1.29, 1.82) is 0 Å². The molecule has 2 aromatic carbocycles. The number of carbonyl (C=O) groups excluding carboxylic acids is 2. The predicted octanol–water partition coefficient (Wildman–Crippen LogP) is 3.30. The number of amides is 2. The molecule has 1 heterocycles. The van der Waals surface area contributed by atoms with E-state index in [1.807, 2.05) is 57.2 Å². The van der Waals surface area contributed by atoms with E-state index in [2.05, 4.69) is 16.0 Å². The summed E-state index contributed by atoms with van der Waals surface area (Å²) >= 11 is 0. The SMILES string of the molecule is CC(C)(C)c1cc(C(=O)NNC(=O)c2ccccc2)n(Cc2ccccc2)n1. The van der Waals surface area contributed by atoms with Crippen LogP contribution in [0.25, 0.3) is 0 Å². The molecule has 0 unspecified atom stereocenters. The maximum absolute atomic E-state index is 12.7. The molecule has 0 radical (unpaired) electrons. The summed E-state index contributed by atoms with van der Waals surface area (Å²) in [5.41, 5.74) is 7.44. The second-order valence-electron chi connectivity index (χ2n) is 7.58. The van der Waals surface area contributed by atoms with E-state index in [0.717, 1.165) is 11.3 Å². The number of hydrogen-bond acceptors (Lipinski definition) is 3. The highest BCUT2D eigenvalue weighted by Crippen LogP contribution is 2.22. The highest BCUT2D eigenvalue weighted by atomic mass is 16.2. The second kappa shape index (κ2) is 8.08. The molecule has 6 heteroatoms. The van der Waals surface area contributed by atoms with Gasteiger partial charge in [-0.25, -0.2) is 0 Å². The number of nitrogens with zero attached hydrogens (tertiary/aromatic N) is 2. The van der Waals surface area contributed by atoms with Gasteiger partial charge in [0.05, 0.1) is 12.2 Å². The van der Waals surface area contributed by atoms with Crippen LogP contribution in [0.4, 0.5) is 0 Å². The summed E-state index contributed by atoms with van der Waals surface area (Å²) in [5.74, 6) is -0.790. The van der Waals surface area contributed by atoms with Crippen LogP contribution in [0.15, 0.2) is 66.7 Å². The topological polar surface area (TPSA) is 76.0 Å². The molecule has 144 valence electrons. The summed E-state index contributed by atoms with van der Waals surface area (Å²) in [6.45, 7) is 6.59. The summed E-state index contributed by atoms with van der Waals surface area (Å²) in [5, 5.41) is 4.63. The Morgan fingerprint density at radius 3 is 2.07 bits per heavy atom. The van der Waals surface area contributed by atoms with E-state index in [1.165, 1.54) is 0 Å². The predicted molar refractivity (Wildman–Crippen MR) is 108 cm³/mol. The van der Waals surface area contributed by atoms with Gasteiger partial charge in [0.1, 0.15) is 5.69 Å². The lowest BCUT2D eigenvalue weighted by Crippen LogP contribution is -2.42. The first kappa shape index (κ1) is 19.4. The first-order valence-electron chi connectivity index (χ1n) is 9.12. The van der Waals surface area contributed by atoms with Crippen molar-refractivity contribution in [3.05, 3.63) is 89.2 Å². The maximum Gasteiger partial charge on any atom is 0.287 e. The molecule has 0 saturated heterocycles. The van der Waals surface area contributed by atoms with Crippen LogP contribution in [0.3, 0.4) is 0 Å². The minimum atomic E-state index is -0.414. The van der Waals surface area contributed by atoms with E-state index in [9.17, 15) is 9.59 Å².